The van der Waals surface area contributed by atoms with Crippen molar-refractivity contribution in [1.29, 1.82) is 0 Å². The Bertz CT molecular complexity index is 898. The van der Waals surface area contributed by atoms with E-state index in [1.54, 1.807) is 42.5 Å². The van der Waals surface area contributed by atoms with Gasteiger partial charge >= 0.3 is 0 Å². The standard InChI is InChI=1S/C19H23ClN2O4S/c1-14-4-9-18(12-15(14)2)27(24,25)22(3)13-19(23)21-10-11-26-17-7-5-16(20)6-8-17/h4-9,12H,10-11,13H2,1-3H3,(H,21,23). The van der Waals surface area contributed by atoms with E-state index < -0.39 is 15.9 Å². The zero-order valence-electron chi connectivity index (χ0n) is 15.5. The van der Waals surface area contributed by atoms with E-state index >= 15 is 0 Å². The number of nitrogens with zero attached hydrogens (tertiary/aromatic N) is 1. The van der Waals surface area contributed by atoms with Crippen LogP contribution in [0.25, 0.3) is 0 Å². The Hall–Kier alpha value is -2.09. The van der Waals surface area contributed by atoms with Gasteiger partial charge < -0.3 is 10.1 Å². The van der Waals surface area contributed by atoms with Crippen molar-refractivity contribution in [2.45, 2.75) is 18.7 Å². The van der Waals surface area contributed by atoms with E-state index in [-0.39, 0.29) is 24.6 Å². The summed E-state index contributed by atoms with van der Waals surface area (Å²) in [4.78, 5) is 12.2. The maximum Gasteiger partial charge on any atom is 0.243 e. The Morgan fingerprint density at radius 3 is 2.41 bits per heavy atom. The number of hydrogen-bond acceptors (Lipinski definition) is 4. The van der Waals surface area contributed by atoms with E-state index in [1.807, 2.05) is 13.8 Å². The highest BCUT2D eigenvalue weighted by Crippen LogP contribution is 2.18. The van der Waals surface area contributed by atoms with E-state index in [9.17, 15) is 13.2 Å². The number of hydrogen-bond donors (Lipinski definition) is 1. The summed E-state index contributed by atoms with van der Waals surface area (Å²) in [5.74, 6) is 0.243. The van der Waals surface area contributed by atoms with Crippen LogP contribution in [0.1, 0.15) is 11.1 Å². The minimum absolute atomic E-state index is 0.173. The Kier molecular flexibility index (Phi) is 7.24. The smallest absolute Gasteiger partial charge is 0.243 e. The van der Waals surface area contributed by atoms with Crippen LogP contribution in [0.4, 0.5) is 0 Å². The van der Waals surface area contributed by atoms with Crippen LogP contribution in [-0.2, 0) is 14.8 Å². The maximum absolute atomic E-state index is 12.6. The quantitative estimate of drug-likeness (QED) is 0.679. The van der Waals surface area contributed by atoms with E-state index in [0.29, 0.717) is 10.8 Å². The number of rotatable bonds is 8. The number of nitrogens with one attached hydrogen (secondary N) is 1. The Morgan fingerprint density at radius 1 is 1.11 bits per heavy atom. The maximum atomic E-state index is 12.6. The summed E-state index contributed by atoms with van der Waals surface area (Å²) in [5.41, 5.74) is 1.89. The van der Waals surface area contributed by atoms with Crippen molar-refractivity contribution in [3.05, 3.63) is 58.6 Å². The molecule has 0 aliphatic rings. The topological polar surface area (TPSA) is 75.7 Å². The minimum atomic E-state index is -3.72. The molecule has 2 rings (SSSR count). The molecule has 0 aromatic heterocycles. The molecule has 1 amide bonds. The molecule has 1 N–H and O–H groups in total. The number of likely N-dealkylation sites (N-methyl/N-ethyl adjacent to an activating group) is 1. The molecule has 0 aliphatic heterocycles. The summed E-state index contributed by atoms with van der Waals surface area (Å²) in [6.45, 7) is 4.02. The van der Waals surface area contributed by atoms with Crippen molar-refractivity contribution in [2.24, 2.45) is 0 Å². The minimum Gasteiger partial charge on any atom is -0.492 e. The Balaban J connectivity index is 1.83. The summed E-state index contributed by atoms with van der Waals surface area (Å²) in [5, 5.41) is 3.26. The average molecular weight is 411 g/mol. The molecule has 0 aliphatic carbocycles. The van der Waals surface area contributed by atoms with Gasteiger partial charge in [0.1, 0.15) is 12.4 Å². The second-order valence-corrected chi connectivity index (χ2v) is 8.64. The lowest BCUT2D eigenvalue weighted by atomic mass is 10.1. The predicted molar refractivity (Wildman–Crippen MR) is 106 cm³/mol. The van der Waals surface area contributed by atoms with Gasteiger partial charge in [-0.25, -0.2) is 8.42 Å². The first kappa shape index (κ1) is 21.2. The Morgan fingerprint density at radius 2 is 1.78 bits per heavy atom. The van der Waals surface area contributed by atoms with Crippen LogP contribution in [0.15, 0.2) is 47.4 Å². The molecule has 2 aromatic rings. The van der Waals surface area contributed by atoms with Crippen LogP contribution < -0.4 is 10.1 Å². The second-order valence-electron chi connectivity index (χ2n) is 6.16. The number of halogens is 1. The van der Waals surface area contributed by atoms with E-state index in [0.717, 1.165) is 15.4 Å². The third-order valence-electron chi connectivity index (χ3n) is 4.06. The predicted octanol–water partition coefficient (Wildman–Crippen LogP) is 2.77. The fourth-order valence-corrected chi connectivity index (χ4v) is 3.63. The summed E-state index contributed by atoms with van der Waals surface area (Å²) in [6, 6.07) is 11.8. The molecule has 0 spiro atoms. The molecular weight excluding hydrogens is 388 g/mol. The fraction of sp³-hybridized carbons (Fsp3) is 0.316. The van der Waals surface area contributed by atoms with Crippen molar-refractivity contribution >= 4 is 27.5 Å². The average Bonchev–Trinajstić information content (AvgIpc) is 2.62. The van der Waals surface area contributed by atoms with Gasteiger partial charge in [-0.15, -0.1) is 0 Å². The van der Waals surface area contributed by atoms with E-state index in [1.165, 1.54) is 7.05 Å². The van der Waals surface area contributed by atoms with Gasteiger partial charge in [-0.05, 0) is 61.4 Å². The number of amides is 1. The highest BCUT2D eigenvalue weighted by molar-refractivity contribution is 7.89. The molecule has 0 saturated carbocycles. The molecule has 146 valence electrons. The molecule has 0 heterocycles. The number of carbonyl (C=O) groups excluding carboxylic acids is 1. The molecular formula is C19H23ClN2O4S. The Labute approximate surface area is 165 Å². The van der Waals surface area contributed by atoms with Crippen LogP contribution in [-0.4, -0.2) is 45.4 Å². The lowest BCUT2D eigenvalue weighted by Gasteiger charge is -2.17. The van der Waals surface area contributed by atoms with Crippen LogP contribution >= 0.6 is 11.6 Å². The lowest BCUT2D eigenvalue weighted by molar-refractivity contribution is -0.121. The summed E-state index contributed by atoms with van der Waals surface area (Å²) in [6.07, 6.45) is 0. The van der Waals surface area contributed by atoms with Crippen molar-refractivity contribution in [3.8, 4) is 5.75 Å². The van der Waals surface area contributed by atoms with Crippen molar-refractivity contribution < 1.29 is 17.9 Å². The zero-order chi connectivity index (χ0) is 20.0. The molecule has 8 heteroatoms. The third-order valence-corrected chi connectivity index (χ3v) is 6.11. The molecule has 0 unspecified atom stereocenters. The first-order valence-electron chi connectivity index (χ1n) is 8.39. The first-order chi connectivity index (χ1) is 12.7. The molecule has 0 saturated heterocycles. The molecule has 6 nitrogen and oxygen atoms in total. The number of sulfonamides is 1. The van der Waals surface area contributed by atoms with Crippen molar-refractivity contribution in [1.82, 2.24) is 9.62 Å². The monoisotopic (exact) mass is 410 g/mol. The SMILES string of the molecule is Cc1ccc(S(=O)(=O)N(C)CC(=O)NCCOc2ccc(Cl)cc2)cc1C. The molecule has 0 atom stereocenters. The van der Waals surface area contributed by atoms with E-state index in [2.05, 4.69) is 5.32 Å². The number of ether oxygens (including phenoxy) is 1. The lowest BCUT2D eigenvalue weighted by Crippen LogP contribution is -2.39. The number of benzene rings is 2. The number of carbonyl (C=O) groups is 1. The molecule has 2 aromatic carbocycles. The van der Waals surface area contributed by atoms with Gasteiger partial charge in [-0.3, -0.25) is 4.79 Å². The van der Waals surface area contributed by atoms with Gasteiger partial charge in [-0.1, -0.05) is 17.7 Å². The largest absolute Gasteiger partial charge is 0.492 e. The zero-order valence-corrected chi connectivity index (χ0v) is 17.1. The van der Waals surface area contributed by atoms with E-state index in [4.69, 9.17) is 16.3 Å². The van der Waals surface area contributed by atoms with Crippen LogP contribution in [0.3, 0.4) is 0 Å². The first-order valence-corrected chi connectivity index (χ1v) is 10.2. The van der Waals surface area contributed by atoms with Crippen LogP contribution in [0.2, 0.25) is 5.02 Å². The van der Waals surface area contributed by atoms with Crippen LogP contribution in [0, 0.1) is 13.8 Å². The molecule has 0 fully saturated rings. The van der Waals surface area contributed by atoms with Gasteiger partial charge in [0.15, 0.2) is 0 Å². The molecule has 0 radical (unpaired) electrons. The van der Waals surface area contributed by atoms with Gasteiger partial charge in [-0.2, -0.15) is 4.31 Å². The van der Waals surface area contributed by atoms with Gasteiger partial charge in [0, 0.05) is 12.1 Å². The third kappa shape index (κ3) is 5.95. The van der Waals surface area contributed by atoms with Crippen molar-refractivity contribution in [2.75, 3.05) is 26.7 Å². The van der Waals surface area contributed by atoms with Crippen molar-refractivity contribution in [3.63, 3.8) is 0 Å². The van der Waals surface area contributed by atoms with Gasteiger partial charge in [0.25, 0.3) is 0 Å². The second kappa shape index (κ2) is 9.21. The summed E-state index contributed by atoms with van der Waals surface area (Å²) >= 11 is 5.79. The van der Waals surface area contributed by atoms with Gasteiger partial charge in [0.2, 0.25) is 15.9 Å². The summed E-state index contributed by atoms with van der Waals surface area (Å²) < 4.78 is 31.7. The highest BCUT2D eigenvalue weighted by atomic mass is 35.5. The highest BCUT2D eigenvalue weighted by Gasteiger charge is 2.23. The summed E-state index contributed by atoms with van der Waals surface area (Å²) in [7, 11) is -2.34. The fourth-order valence-electron chi connectivity index (χ4n) is 2.29. The van der Waals surface area contributed by atoms with Gasteiger partial charge in [0.05, 0.1) is 18.0 Å². The number of aryl methyl sites for hydroxylation is 2. The molecule has 27 heavy (non-hydrogen) atoms. The molecule has 0 bridgehead atoms. The van der Waals surface area contributed by atoms with Crippen LogP contribution in [0.5, 0.6) is 5.75 Å². The normalized spacial score (nSPS) is 11.4.